The van der Waals surface area contributed by atoms with E-state index in [4.69, 9.17) is 0 Å². The van der Waals surface area contributed by atoms with Crippen LogP contribution in [-0.4, -0.2) is 26.6 Å². The first-order valence-corrected chi connectivity index (χ1v) is 8.99. The molecule has 0 bridgehead atoms. The summed E-state index contributed by atoms with van der Waals surface area (Å²) in [7, 11) is -3.32. The summed E-state index contributed by atoms with van der Waals surface area (Å²) in [6.07, 6.45) is 2.89. The average Bonchev–Trinajstić information content (AvgIpc) is 2.84. The van der Waals surface area contributed by atoms with Gasteiger partial charge in [0, 0.05) is 18.7 Å². The molecule has 1 aliphatic heterocycles. The van der Waals surface area contributed by atoms with E-state index in [0.717, 1.165) is 24.1 Å². The minimum Gasteiger partial charge on any atom is -0.312 e. The molecule has 0 unspecified atom stereocenters. The minimum atomic E-state index is -3.32. The van der Waals surface area contributed by atoms with E-state index in [9.17, 15) is 13.2 Å². The maximum Gasteiger partial charge on any atom is 0.232 e. The molecule has 0 radical (unpaired) electrons. The predicted octanol–water partition coefficient (Wildman–Crippen LogP) is 2.66. The maximum atomic E-state index is 11.9. The van der Waals surface area contributed by atoms with Gasteiger partial charge in [0.15, 0.2) is 0 Å². The van der Waals surface area contributed by atoms with Gasteiger partial charge in [-0.25, -0.2) is 8.42 Å². The van der Waals surface area contributed by atoms with Crippen LogP contribution in [0.1, 0.15) is 38.2 Å². The summed E-state index contributed by atoms with van der Waals surface area (Å²) >= 11 is 0. The molecule has 0 spiro atoms. The molecule has 21 heavy (non-hydrogen) atoms. The summed E-state index contributed by atoms with van der Waals surface area (Å²) in [4.78, 5) is 13.6. The zero-order valence-corrected chi connectivity index (χ0v) is 13.4. The van der Waals surface area contributed by atoms with Gasteiger partial charge in [0.05, 0.1) is 11.4 Å². The third-order valence-electron chi connectivity index (χ3n) is 3.61. The second-order valence-corrected chi connectivity index (χ2v) is 7.27. The van der Waals surface area contributed by atoms with Crippen molar-refractivity contribution >= 4 is 27.3 Å². The summed E-state index contributed by atoms with van der Waals surface area (Å²) in [5, 5.41) is 0. The highest BCUT2D eigenvalue weighted by Crippen LogP contribution is 2.28. The van der Waals surface area contributed by atoms with Gasteiger partial charge in [0.2, 0.25) is 15.9 Å². The molecule has 6 heteroatoms. The van der Waals surface area contributed by atoms with Crippen LogP contribution in [-0.2, 0) is 14.8 Å². The third kappa shape index (κ3) is 3.97. The van der Waals surface area contributed by atoms with Gasteiger partial charge >= 0.3 is 0 Å². The Morgan fingerprint density at radius 2 is 2.10 bits per heavy atom. The molecule has 0 saturated carbocycles. The molecule has 2 rings (SSSR count). The fourth-order valence-corrected chi connectivity index (χ4v) is 3.69. The van der Waals surface area contributed by atoms with E-state index in [-0.39, 0.29) is 11.7 Å². The molecule has 1 aliphatic rings. The number of anilines is 2. The first kappa shape index (κ1) is 15.8. The molecule has 116 valence electrons. The molecular formula is C15H22N2O3S. The lowest BCUT2D eigenvalue weighted by molar-refractivity contribution is -0.117. The lowest BCUT2D eigenvalue weighted by Crippen LogP contribution is -2.25. The molecule has 1 N–H and O–H groups in total. The Kier molecular flexibility index (Phi) is 4.88. The Bertz CT molecular complexity index is 626. The van der Waals surface area contributed by atoms with Crippen LogP contribution in [0.4, 0.5) is 11.4 Å². The monoisotopic (exact) mass is 310 g/mol. The molecule has 1 fully saturated rings. The molecular weight excluding hydrogens is 288 g/mol. The Morgan fingerprint density at radius 3 is 2.71 bits per heavy atom. The van der Waals surface area contributed by atoms with Gasteiger partial charge in [0.25, 0.3) is 0 Å². The zero-order chi connectivity index (χ0) is 15.5. The number of aryl methyl sites for hydroxylation is 1. The lowest BCUT2D eigenvalue weighted by Gasteiger charge is -2.19. The van der Waals surface area contributed by atoms with Crippen molar-refractivity contribution in [2.75, 3.05) is 21.9 Å². The quantitative estimate of drug-likeness (QED) is 0.878. The second-order valence-electron chi connectivity index (χ2n) is 5.42. The largest absolute Gasteiger partial charge is 0.312 e. The van der Waals surface area contributed by atoms with Crippen molar-refractivity contribution in [1.29, 1.82) is 0 Å². The SMILES string of the molecule is CCCCS(=O)(=O)Nc1ccc(C)c(N2CCCC2=O)c1. The smallest absolute Gasteiger partial charge is 0.232 e. The molecule has 1 heterocycles. The van der Waals surface area contributed by atoms with Crippen molar-refractivity contribution in [1.82, 2.24) is 0 Å². The van der Waals surface area contributed by atoms with E-state index in [1.54, 1.807) is 17.0 Å². The number of carbonyl (C=O) groups is 1. The first-order valence-electron chi connectivity index (χ1n) is 7.34. The maximum absolute atomic E-state index is 11.9. The van der Waals surface area contributed by atoms with E-state index in [1.165, 1.54) is 0 Å². The third-order valence-corrected chi connectivity index (χ3v) is 4.99. The molecule has 5 nitrogen and oxygen atoms in total. The summed E-state index contributed by atoms with van der Waals surface area (Å²) in [6, 6.07) is 5.34. The van der Waals surface area contributed by atoms with Gasteiger partial charge in [-0.1, -0.05) is 19.4 Å². The van der Waals surface area contributed by atoms with Crippen molar-refractivity contribution in [3.8, 4) is 0 Å². The summed E-state index contributed by atoms with van der Waals surface area (Å²) in [6.45, 7) is 4.58. The number of unbranched alkanes of at least 4 members (excludes halogenated alkanes) is 1. The van der Waals surface area contributed by atoms with Gasteiger partial charge in [-0.05, 0) is 37.5 Å². The van der Waals surface area contributed by atoms with Crippen molar-refractivity contribution < 1.29 is 13.2 Å². The van der Waals surface area contributed by atoms with Crippen LogP contribution in [0.5, 0.6) is 0 Å². The van der Waals surface area contributed by atoms with Crippen molar-refractivity contribution in [2.45, 2.75) is 39.5 Å². The molecule has 1 saturated heterocycles. The summed E-state index contributed by atoms with van der Waals surface area (Å²) in [5.74, 6) is 0.221. The number of nitrogens with zero attached hydrogens (tertiary/aromatic N) is 1. The highest BCUT2D eigenvalue weighted by atomic mass is 32.2. The molecule has 1 aromatic carbocycles. The minimum absolute atomic E-state index is 0.101. The summed E-state index contributed by atoms with van der Waals surface area (Å²) in [5.41, 5.74) is 2.29. The van der Waals surface area contributed by atoms with Crippen LogP contribution in [0.25, 0.3) is 0 Å². The van der Waals surface area contributed by atoms with Crippen molar-refractivity contribution in [3.05, 3.63) is 23.8 Å². The van der Waals surface area contributed by atoms with Gasteiger partial charge in [-0.3, -0.25) is 9.52 Å². The van der Waals surface area contributed by atoms with Crippen molar-refractivity contribution in [2.24, 2.45) is 0 Å². The Labute approximate surface area is 126 Å². The molecule has 1 aromatic rings. The van der Waals surface area contributed by atoms with E-state index in [0.29, 0.717) is 25.1 Å². The van der Waals surface area contributed by atoms with Gasteiger partial charge < -0.3 is 4.90 Å². The zero-order valence-electron chi connectivity index (χ0n) is 12.6. The number of hydrogen-bond donors (Lipinski definition) is 1. The standard InChI is InChI=1S/C15H22N2O3S/c1-3-4-10-21(19,20)16-13-8-7-12(2)14(11-13)17-9-5-6-15(17)18/h7-8,11,16H,3-6,9-10H2,1-2H3. The van der Waals surface area contributed by atoms with Crippen LogP contribution in [0.2, 0.25) is 0 Å². The topological polar surface area (TPSA) is 66.5 Å². The molecule has 0 aliphatic carbocycles. The number of amides is 1. The van der Waals surface area contributed by atoms with Gasteiger partial charge in [-0.2, -0.15) is 0 Å². The fraction of sp³-hybridized carbons (Fsp3) is 0.533. The average molecular weight is 310 g/mol. The van der Waals surface area contributed by atoms with E-state index in [2.05, 4.69) is 4.72 Å². The van der Waals surface area contributed by atoms with Crippen LogP contribution >= 0.6 is 0 Å². The van der Waals surface area contributed by atoms with E-state index < -0.39 is 10.0 Å². The number of rotatable bonds is 6. The van der Waals surface area contributed by atoms with Crippen LogP contribution < -0.4 is 9.62 Å². The number of carbonyl (C=O) groups excluding carboxylic acids is 1. The normalized spacial score (nSPS) is 15.5. The Balaban J connectivity index is 2.21. The number of sulfonamides is 1. The lowest BCUT2D eigenvalue weighted by atomic mass is 10.1. The van der Waals surface area contributed by atoms with E-state index >= 15 is 0 Å². The molecule has 0 aromatic heterocycles. The number of benzene rings is 1. The Hall–Kier alpha value is -1.56. The first-order chi connectivity index (χ1) is 9.93. The van der Waals surface area contributed by atoms with Crippen LogP contribution in [0.3, 0.4) is 0 Å². The summed E-state index contributed by atoms with van der Waals surface area (Å²) < 4.78 is 26.5. The fourth-order valence-electron chi connectivity index (χ4n) is 2.43. The highest BCUT2D eigenvalue weighted by Gasteiger charge is 2.23. The Morgan fingerprint density at radius 1 is 1.33 bits per heavy atom. The second kappa shape index (κ2) is 6.47. The highest BCUT2D eigenvalue weighted by molar-refractivity contribution is 7.92. The number of hydrogen-bond acceptors (Lipinski definition) is 3. The predicted molar refractivity (Wildman–Crippen MR) is 85.1 cm³/mol. The van der Waals surface area contributed by atoms with Crippen LogP contribution in [0.15, 0.2) is 18.2 Å². The van der Waals surface area contributed by atoms with Gasteiger partial charge in [0.1, 0.15) is 0 Å². The molecule has 0 atom stereocenters. The number of nitrogens with one attached hydrogen (secondary N) is 1. The van der Waals surface area contributed by atoms with Gasteiger partial charge in [-0.15, -0.1) is 0 Å². The van der Waals surface area contributed by atoms with Crippen molar-refractivity contribution in [3.63, 3.8) is 0 Å². The van der Waals surface area contributed by atoms with Crippen LogP contribution in [0, 0.1) is 6.92 Å². The molecule has 1 amide bonds. The van der Waals surface area contributed by atoms with E-state index in [1.807, 2.05) is 19.9 Å².